The summed E-state index contributed by atoms with van der Waals surface area (Å²) in [6, 6.07) is 11.0. The zero-order chi connectivity index (χ0) is 14.7. The molecule has 0 aliphatic rings. The number of ether oxygens (including phenoxy) is 1. The molecule has 0 fully saturated rings. The van der Waals surface area contributed by atoms with Crippen LogP contribution < -0.4 is 4.74 Å². The lowest BCUT2D eigenvalue weighted by Gasteiger charge is -2.15. The summed E-state index contributed by atoms with van der Waals surface area (Å²) in [6.45, 7) is 2.01. The van der Waals surface area contributed by atoms with Gasteiger partial charge in [0.05, 0.1) is 13.2 Å². The molecule has 0 saturated heterocycles. The highest BCUT2D eigenvalue weighted by atomic mass is 35.5. The van der Waals surface area contributed by atoms with Crippen LogP contribution in [0, 0.1) is 6.92 Å². The molecule has 2 aromatic carbocycles. The van der Waals surface area contributed by atoms with E-state index >= 15 is 0 Å². The monoisotopic (exact) mass is 310 g/mol. The number of rotatable bonds is 4. The van der Waals surface area contributed by atoms with Crippen LogP contribution >= 0.6 is 23.2 Å². The number of aliphatic hydroxyl groups excluding tert-OH is 1. The quantitative estimate of drug-likeness (QED) is 0.895. The predicted molar refractivity (Wildman–Crippen MR) is 82.9 cm³/mol. The molecule has 0 bridgehead atoms. The van der Waals surface area contributed by atoms with Crippen LogP contribution in [0.2, 0.25) is 10.0 Å². The molecule has 0 aromatic heterocycles. The van der Waals surface area contributed by atoms with Crippen molar-refractivity contribution >= 4 is 23.2 Å². The Hall–Kier alpha value is -1.22. The van der Waals surface area contributed by atoms with Crippen molar-refractivity contribution in [1.29, 1.82) is 0 Å². The molecule has 0 radical (unpaired) electrons. The zero-order valence-electron chi connectivity index (χ0n) is 11.4. The van der Waals surface area contributed by atoms with Crippen molar-refractivity contribution in [2.75, 3.05) is 7.11 Å². The fourth-order valence-corrected chi connectivity index (χ4v) is 2.70. The van der Waals surface area contributed by atoms with Gasteiger partial charge in [0.15, 0.2) is 0 Å². The number of aliphatic hydroxyl groups is 1. The Morgan fingerprint density at radius 1 is 1.10 bits per heavy atom. The molecular formula is C16H16Cl2O2. The average molecular weight is 311 g/mol. The topological polar surface area (TPSA) is 29.5 Å². The van der Waals surface area contributed by atoms with Gasteiger partial charge in [-0.1, -0.05) is 40.9 Å². The van der Waals surface area contributed by atoms with E-state index in [-0.39, 0.29) is 0 Å². The summed E-state index contributed by atoms with van der Waals surface area (Å²) >= 11 is 11.9. The number of halogens is 2. The Labute approximate surface area is 128 Å². The summed E-state index contributed by atoms with van der Waals surface area (Å²) in [5.41, 5.74) is 2.78. The molecule has 0 saturated carbocycles. The van der Waals surface area contributed by atoms with Gasteiger partial charge in [-0.2, -0.15) is 0 Å². The van der Waals surface area contributed by atoms with Crippen molar-refractivity contribution in [2.24, 2.45) is 0 Å². The van der Waals surface area contributed by atoms with Crippen molar-refractivity contribution in [1.82, 2.24) is 0 Å². The summed E-state index contributed by atoms with van der Waals surface area (Å²) in [5, 5.41) is 11.4. The molecule has 2 aromatic rings. The van der Waals surface area contributed by atoms with Gasteiger partial charge in [0.25, 0.3) is 0 Å². The number of methoxy groups -OCH3 is 1. The van der Waals surface area contributed by atoms with Crippen molar-refractivity contribution in [2.45, 2.75) is 19.4 Å². The van der Waals surface area contributed by atoms with Gasteiger partial charge in [-0.05, 0) is 42.3 Å². The Morgan fingerprint density at radius 2 is 1.75 bits per heavy atom. The van der Waals surface area contributed by atoms with E-state index in [9.17, 15) is 5.11 Å². The van der Waals surface area contributed by atoms with Crippen LogP contribution in [0.4, 0.5) is 0 Å². The van der Waals surface area contributed by atoms with E-state index in [1.807, 2.05) is 25.1 Å². The van der Waals surface area contributed by atoms with E-state index in [4.69, 9.17) is 27.9 Å². The first-order valence-corrected chi connectivity index (χ1v) is 7.03. The third-order valence-corrected chi connectivity index (χ3v) is 3.56. The van der Waals surface area contributed by atoms with E-state index in [1.165, 1.54) is 0 Å². The smallest absolute Gasteiger partial charge is 0.122 e. The van der Waals surface area contributed by atoms with Gasteiger partial charge in [-0.15, -0.1) is 0 Å². The summed E-state index contributed by atoms with van der Waals surface area (Å²) in [6.07, 6.45) is -0.233. The molecule has 2 nitrogen and oxygen atoms in total. The van der Waals surface area contributed by atoms with Crippen molar-refractivity contribution < 1.29 is 9.84 Å². The minimum atomic E-state index is -0.679. The number of hydrogen-bond donors (Lipinski definition) is 1. The van der Waals surface area contributed by atoms with Crippen LogP contribution in [0.15, 0.2) is 36.4 Å². The first-order valence-electron chi connectivity index (χ1n) is 6.27. The molecule has 20 heavy (non-hydrogen) atoms. The average Bonchev–Trinajstić information content (AvgIpc) is 2.37. The molecule has 1 unspecified atom stereocenters. The van der Waals surface area contributed by atoms with Gasteiger partial charge in [0.2, 0.25) is 0 Å². The van der Waals surface area contributed by atoms with Crippen LogP contribution in [0.5, 0.6) is 5.75 Å². The Balaban J connectivity index is 2.27. The Morgan fingerprint density at radius 3 is 2.35 bits per heavy atom. The second-order valence-corrected chi connectivity index (χ2v) is 5.61. The molecule has 0 aliphatic carbocycles. The van der Waals surface area contributed by atoms with Crippen molar-refractivity contribution in [3.05, 3.63) is 63.1 Å². The van der Waals surface area contributed by atoms with Crippen LogP contribution in [-0.2, 0) is 6.42 Å². The van der Waals surface area contributed by atoms with Gasteiger partial charge in [0.1, 0.15) is 5.75 Å². The van der Waals surface area contributed by atoms with Crippen LogP contribution in [0.1, 0.15) is 22.8 Å². The highest BCUT2D eigenvalue weighted by molar-refractivity contribution is 6.34. The standard InChI is InChI=1S/C16H16Cl2O2/c1-10-3-4-16(20-2)12(5-10)8-15(19)11-6-13(17)9-14(18)7-11/h3-7,9,15,19H,8H2,1-2H3. The highest BCUT2D eigenvalue weighted by Gasteiger charge is 2.13. The SMILES string of the molecule is COc1ccc(C)cc1CC(O)c1cc(Cl)cc(Cl)c1. The molecule has 0 heterocycles. The minimum absolute atomic E-state index is 0.446. The van der Waals surface area contributed by atoms with Crippen LogP contribution in [0.25, 0.3) is 0 Å². The van der Waals surface area contributed by atoms with E-state index in [1.54, 1.807) is 25.3 Å². The molecule has 1 N–H and O–H groups in total. The lowest BCUT2D eigenvalue weighted by molar-refractivity contribution is 0.177. The summed E-state index contributed by atoms with van der Waals surface area (Å²) < 4.78 is 5.32. The molecule has 0 spiro atoms. The highest BCUT2D eigenvalue weighted by Crippen LogP contribution is 2.29. The molecule has 0 aliphatic heterocycles. The van der Waals surface area contributed by atoms with Gasteiger partial charge < -0.3 is 9.84 Å². The van der Waals surface area contributed by atoms with Gasteiger partial charge in [-0.3, -0.25) is 0 Å². The lowest BCUT2D eigenvalue weighted by Crippen LogP contribution is -2.04. The maximum absolute atomic E-state index is 10.4. The summed E-state index contributed by atoms with van der Waals surface area (Å²) in [5.74, 6) is 0.766. The third kappa shape index (κ3) is 3.66. The maximum atomic E-state index is 10.4. The van der Waals surface area contributed by atoms with Gasteiger partial charge in [-0.25, -0.2) is 0 Å². The first kappa shape index (κ1) is 15.2. The van der Waals surface area contributed by atoms with Crippen LogP contribution in [-0.4, -0.2) is 12.2 Å². The number of hydrogen-bond acceptors (Lipinski definition) is 2. The van der Waals surface area contributed by atoms with Crippen molar-refractivity contribution in [3.8, 4) is 5.75 Å². The Bertz CT molecular complexity index is 591. The van der Waals surface area contributed by atoms with Crippen molar-refractivity contribution in [3.63, 3.8) is 0 Å². The molecule has 4 heteroatoms. The van der Waals surface area contributed by atoms with E-state index in [0.717, 1.165) is 16.9 Å². The Kier molecular flexibility index (Phi) is 4.92. The molecular weight excluding hydrogens is 295 g/mol. The van der Waals surface area contributed by atoms with E-state index in [2.05, 4.69) is 0 Å². The number of benzene rings is 2. The molecule has 1 atom stereocenters. The van der Waals surface area contributed by atoms with Gasteiger partial charge >= 0.3 is 0 Å². The lowest BCUT2D eigenvalue weighted by atomic mass is 9.99. The number of aryl methyl sites for hydroxylation is 1. The van der Waals surface area contributed by atoms with E-state index in [0.29, 0.717) is 22.0 Å². The molecule has 106 valence electrons. The summed E-state index contributed by atoms with van der Waals surface area (Å²) in [7, 11) is 1.62. The minimum Gasteiger partial charge on any atom is -0.496 e. The summed E-state index contributed by atoms with van der Waals surface area (Å²) in [4.78, 5) is 0. The fraction of sp³-hybridized carbons (Fsp3) is 0.250. The second-order valence-electron chi connectivity index (χ2n) is 4.74. The van der Waals surface area contributed by atoms with E-state index < -0.39 is 6.10 Å². The largest absolute Gasteiger partial charge is 0.496 e. The van der Waals surface area contributed by atoms with Crippen LogP contribution in [0.3, 0.4) is 0 Å². The maximum Gasteiger partial charge on any atom is 0.122 e. The first-order chi connectivity index (χ1) is 9.49. The predicted octanol–water partition coefficient (Wildman–Crippen LogP) is 4.59. The molecule has 2 rings (SSSR count). The second kappa shape index (κ2) is 6.49. The molecule has 0 amide bonds. The van der Waals surface area contributed by atoms with Gasteiger partial charge in [0, 0.05) is 16.5 Å². The third-order valence-electron chi connectivity index (χ3n) is 3.12. The fourth-order valence-electron chi connectivity index (χ4n) is 2.16. The zero-order valence-corrected chi connectivity index (χ0v) is 12.9. The normalized spacial score (nSPS) is 12.2.